The highest BCUT2D eigenvalue weighted by atomic mass is 15.2. The molecule has 0 saturated heterocycles. The Bertz CT molecular complexity index is 325. The van der Waals surface area contributed by atoms with E-state index in [1.54, 1.807) is 12.4 Å². The van der Waals surface area contributed by atoms with Gasteiger partial charge in [-0.25, -0.2) is 0 Å². The number of nitrogens with one attached hydrogen (secondary N) is 1. The predicted molar refractivity (Wildman–Crippen MR) is 59.5 cm³/mol. The van der Waals surface area contributed by atoms with Crippen LogP contribution < -0.4 is 11.3 Å². The molecule has 0 aromatic carbocycles. The second kappa shape index (κ2) is 6.12. The van der Waals surface area contributed by atoms with Gasteiger partial charge in [0.15, 0.2) is 0 Å². The smallest absolute Gasteiger partial charge is 0.0769 e. The van der Waals surface area contributed by atoms with E-state index < -0.39 is 0 Å². The fourth-order valence-corrected chi connectivity index (χ4v) is 1.31. The number of hydrogen-bond acceptors (Lipinski definition) is 4. The first-order chi connectivity index (χ1) is 7.27. The average Bonchev–Trinajstić information content (AvgIpc) is 2.26. The van der Waals surface area contributed by atoms with Gasteiger partial charge in [-0.15, -0.1) is 12.3 Å². The number of hydrogen-bond donors (Lipinski definition) is 2. The lowest BCUT2D eigenvalue weighted by molar-refractivity contribution is 0.489. The summed E-state index contributed by atoms with van der Waals surface area (Å²) in [6.07, 6.45) is 11.2. The number of hydrazine groups is 1. The Labute approximate surface area is 90.3 Å². The van der Waals surface area contributed by atoms with Crippen LogP contribution in [0.2, 0.25) is 0 Å². The molecule has 3 N–H and O–H groups in total. The van der Waals surface area contributed by atoms with Gasteiger partial charge in [-0.05, 0) is 19.8 Å². The number of nitrogens with two attached hydrogens (primary N) is 1. The Balaban J connectivity index is 2.58. The van der Waals surface area contributed by atoms with Crippen molar-refractivity contribution in [2.75, 3.05) is 0 Å². The number of rotatable bonds is 5. The summed E-state index contributed by atoms with van der Waals surface area (Å²) in [5, 5.41) is 0. The molecule has 1 rings (SSSR count). The van der Waals surface area contributed by atoms with Crippen LogP contribution in [-0.2, 0) is 0 Å². The number of nitrogens with zero attached hydrogens (tertiary/aromatic N) is 2. The minimum atomic E-state index is 0.0337. The minimum Gasteiger partial charge on any atom is -0.271 e. The van der Waals surface area contributed by atoms with E-state index in [2.05, 4.69) is 21.3 Å². The molecule has 0 aliphatic heterocycles. The third kappa shape index (κ3) is 3.66. The molecule has 4 nitrogen and oxygen atoms in total. The molecule has 0 aliphatic rings. The van der Waals surface area contributed by atoms with Crippen LogP contribution in [0.5, 0.6) is 0 Å². The molecule has 1 unspecified atom stereocenters. The molecule has 4 heteroatoms. The summed E-state index contributed by atoms with van der Waals surface area (Å²) in [7, 11) is 0. The van der Waals surface area contributed by atoms with Crippen molar-refractivity contribution in [2.24, 2.45) is 5.84 Å². The number of unbranched alkanes of at least 4 members (excludes halogenated alkanes) is 1. The quantitative estimate of drug-likeness (QED) is 0.326. The Morgan fingerprint density at radius 3 is 2.87 bits per heavy atom. The molecule has 0 spiro atoms. The third-order valence-corrected chi connectivity index (χ3v) is 2.17. The van der Waals surface area contributed by atoms with Gasteiger partial charge in [0.05, 0.1) is 23.6 Å². The van der Waals surface area contributed by atoms with E-state index in [1.165, 1.54) is 0 Å². The summed E-state index contributed by atoms with van der Waals surface area (Å²) in [6, 6.07) is 0.0337. The van der Waals surface area contributed by atoms with Crippen molar-refractivity contribution in [3.63, 3.8) is 0 Å². The summed E-state index contributed by atoms with van der Waals surface area (Å²) in [5.74, 6) is 8.06. The van der Waals surface area contributed by atoms with Crippen LogP contribution in [0.1, 0.15) is 36.7 Å². The fraction of sp³-hybridized carbons (Fsp3) is 0.455. The van der Waals surface area contributed by atoms with Crippen molar-refractivity contribution in [3.05, 3.63) is 23.8 Å². The molecule has 0 fully saturated rings. The van der Waals surface area contributed by atoms with Crippen LogP contribution >= 0.6 is 0 Å². The number of aryl methyl sites for hydroxylation is 1. The number of terminal acetylenes is 1. The van der Waals surface area contributed by atoms with Gasteiger partial charge in [-0.2, -0.15) is 0 Å². The van der Waals surface area contributed by atoms with E-state index >= 15 is 0 Å². The van der Waals surface area contributed by atoms with Gasteiger partial charge in [0.25, 0.3) is 0 Å². The molecule has 0 amide bonds. The molecule has 1 aromatic rings. The molecule has 1 aromatic heterocycles. The lowest BCUT2D eigenvalue weighted by Gasteiger charge is -2.13. The fourth-order valence-electron chi connectivity index (χ4n) is 1.31. The highest BCUT2D eigenvalue weighted by molar-refractivity contribution is 5.05. The summed E-state index contributed by atoms with van der Waals surface area (Å²) in [5.41, 5.74) is 4.49. The van der Waals surface area contributed by atoms with E-state index in [-0.39, 0.29) is 6.04 Å². The maximum Gasteiger partial charge on any atom is 0.0769 e. The Kier molecular flexibility index (Phi) is 4.75. The van der Waals surface area contributed by atoms with Crippen LogP contribution in [0.4, 0.5) is 0 Å². The van der Waals surface area contributed by atoms with E-state index in [0.717, 1.165) is 30.7 Å². The van der Waals surface area contributed by atoms with Crippen LogP contribution in [0.3, 0.4) is 0 Å². The van der Waals surface area contributed by atoms with Gasteiger partial charge in [0, 0.05) is 12.6 Å². The van der Waals surface area contributed by atoms with Gasteiger partial charge in [0.2, 0.25) is 0 Å². The standard InChI is InChI=1S/C11H16N4/c1-3-4-5-6-10(15-12)11-8-13-9(2)7-14-11/h1,7-8,10,15H,4-6,12H2,2H3. The molecule has 0 radical (unpaired) electrons. The summed E-state index contributed by atoms with van der Waals surface area (Å²) in [6.45, 7) is 1.90. The zero-order valence-corrected chi connectivity index (χ0v) is 8.90. The molecule has 80 valence electrons. The molecule has 1 atom stereocenters. The van der Waals surface area contributed by atoms with Gasteiger partial charge in [0.1, 0.15) is 0 Å². The molecular formula is C11H16N4. The van der Waals surface area contributed by atoms with E-state index in [9.17, 15) is 0 Å². The Hall–Kier alpha value is -1.44. The normalized spacial score (nSPS) is 12.1. The maximum absolute atomic E-state index is 5.46. The van der Waals surface area contributed by atoms with Crippen LogP contribution in [-0.4, -0.2) is 9.97 Å². The zero-order valence-electron chi connectivity index (χ0n) is 8.90. The predicted octanol–water partition coefficient (Wildman–Crippen LogP) is 1.09. The van der Waals surface area contributed by atoms with Crippen molar-refractivity contribution in [1.82, 2.24) is 15.4 Å². The summed E-state index contributed by atoms with van der Waals surface area (Å²) in [4.78, 5) is 8.45. The van der Waals surface area contributed by atoms with Crippen molar-refractivity contribution in [1.29, 1.82) is 0 Å². The zero-order chi connectivity index (χ0) is 11.1. The minimum absolute atomic E-state index is 0.0337. The van der Waals surface area contributed by atoms with Gasteiger partial charge in [-0.3, -0.25) is 21.2 Å². The SMILES string of the molecule is C#CCCCC(NN)c1cnc(C)cn1. The topological polar surface area (TPSA) is 63.8 Å². The molecule has 0 saturated carbocycles. The van der Waals surface area contributed by atoms with Crippen LogP contribution in [0, 0.1) is 19.3 Å². The summed E-state index contributed by atoms with van der Waals surface area (Å²) >= 11 is 0. The van der Waals surface area contributed by atoms with E-state index in [4.69, 9.17) is 12.3 Å². The maximum atomic E-state index is 5.46. The Morgan fingerprint density at radius 1 is 1.53 bits per heavy atom. The molecular weight excluding hydrogens is 188 g/mol. The van der Waals surface area contributed by atoms with Crippen molar-refractivity contribution < 1.29 is 0 Å². The van der Waals surface area contributed by atoms with E-state index in [0.29, 0.717) is 0 Å². The second-order valence-corrected chi connectivity index (χ2v) is 3.40. The Morgan fingerprint density at radius 2 is 2.33 bits per heavy atom. The van der Waals surface area contributed by atoms with Gasteiger partial charge >= 0.3 is 0 Å². The highest BCUT2D eigenvalue weighted by Gasteiger charge is 2.10. The third-order valence-electron chi connectivity index (χ3n) is 2.17. The van der Waals surface area contributed by atoms with Crippen molar-refractivity contribution in [2.45, 2.75) is 32.2 Å². The number of aromatic nitrogens is 2. The second-order valence-electron chi connectivity index (χ2n) is 3.40. The van der Waals surface area contributed by atoms with Gasteiger partial charge in [-0.1, -0.05) is 0 Å². The van der Waals surface area contributed by atoms with Gasteiger partial charge < -0.3 is 0 Å². The largest absolute Gasteiger partial charge is 0.271 e. The average molecular weight is 204 g/mol. The first kappa shape index (κ1) is 11.6. The lowest BCUT2D eigenvalue weighted by Crippen LogP contribution is -2.28. The van der Waals surface area contributed by atoms with Crippen molar-refractivity contribution >= 4 is 0 Å². The highest BCUT2D eigenvalue weighted by Crippen LogP contribution is 2.15. The molecule has 1 heterocycles. The molecule has 15 heavy (non-hydrogen) atoms. The van der Waals surface area contributed by atoms with Crippen molar-refractivity contribution in [3.8, 4) is 12.3 Å². The summed E-state index contributed by atoms with van der Waals surface area (Å²) < 4.78 is 0. The first-order valence-electron chi connectivity index (χ1n) is 4.96. The molecule has 0 aliphatic carbocycles. The monoisotopic (exact) mass is 204 g/mol. The molecule has 0 bridgehead atoms. The lowest BCUT2D eigenvalue weighted by atomic mass is 10.1. The van der Waals surface area contributed by atoms with Crippen LogP contribution in [0.15, 0.2) is 12.4 Å². The van der Waals surface area contributed by atoms with Crippen LogP contribution in [0.25, 0.3) is 0 Å². The van der Waals surface area contributed by atoms with E-state index in [1.807, 2.05) is 6.92 Å². The first-order valence-corrected chi connectivity index (χ1v) is 4.96.